The van der Waals surface area contributed by atoms with E-state index in [4.69, 9.17) is 15.5 Å². The van der Waals surface area contributed by atoms with Crippen molar-refractivity contribution in [3.63, 3.8) is 0 Å². The molecule has 3 atom stereocenters. The summed E-state index contributed by atoms with van der Waals surface area (Å²) in [5, 5.41) is 23.7. The van der Waals surface area contributed by atoms with Crippen LogP contribution in [-0.2, 0) is 6.54 Å². The van der Waals surface area contributed by atoms with E-state index in [-0.39, 0.29) is 11.5 Å². The molecule has 212 valence electrons. The van der Waals surface area contributed by atoms with Crippen molar-refractivity contribution in [2.24, 2.45) is 11.1 Å². The highest BCUT2D eigenvalue weighted by Gasteiger charge is 2.57. The summed E-state index contributed by atoms with van der Waals surface area (Å²) in [4.78, 5) is 16.1. The summed E-state index contributed by atoms with van der Waals surface area (Å²) in [5.41, 5.74) is 11.3. The number of nitriles is 2. The minimum Gasteiger partial charge on any atom is -0.481 e. The molecule has 3 fully saturated rings. The zero-order valence-corrected chi connectivity index (χ0v) is 23.9. The average Bonchev–Trinajstić information content (AvgIpc) is 3.45. The molecule has 0 spiro atoms. The summed E-state index contributed by atoms with van der Waals surface area (Å²) in [7, 11) is 1.62. The third kappa shape index (κ3) is 4.13. The molecule has 4 aromatic rings. The number of hydrogen-bond donors (Lipinski definition) is 1. The number of ether oxygens (including phenoxy) is 1. The lowest BCUT2D eigenvalue weighted by molar-refractivity contribution is 0.193. The summed E-state index contributed by atoms with van der Waals surface area (Å²) in [6.07, 6.45) is 7.25. The highest BCUT2D eigenvalue weighted by molar-refractivity contribution is 5.86. The van der Waals surface area contributed by atoms with E-state index in [0.29, 0.717) is 30.6 Å². The van der Waals surface area contributed by atoms with Crippen LogP contribution in [0.4, 0.5) is 11.5 Å². The maximum Gasteiger partial charge on any atom is 0.212 e. The van der Waals surface area contributed by atoms with Gasteiger partial charge in [-0.2, -0.15) is 15.6 Å². The number of hydrogen-bond acceptors (Lipinski definition) is 10. The van der Waals surface area contributed by atoms with Crippen LogP contribution < -0.4 is 20.3 Å². The molecule has 3 saturated heterocycles. The third-order valence-electron chi connectivity index (χ3n) is 8.95. The van der Waals surface area contributed by atoms with Crippen LogP contribution in [0, 0.1) is 28.1 Å². The number of aromatic nitrogens is 4. The van der Waals surface area contributed by atoms with E-state index in [9.17, 15) is 10.5 Å². The predicted octanol–water partition coefficient (Wildman–Crippen LogP) is 2.81. The van der Waals surface area contributed by atoms with E-state index in [1.807, 2.05) is 37.6 Å². The van der Waals surface area contributed by atoms with Crippen LogP contribution in [0.5, 0.6) is 5.88 Å². The number of rotatable bonds is 6. The molecular formula is C31H32N10O. The van der Waals surface area contributed by atoms with E-state index in [0.717, 1.165) is 53.3 Å². The number of anilines is 2. The highest BCUT2D eigenvalue weighted by atomic mass is 16.5. The van der Waals surface area contributed by atoms with Gasteiger partial charge in [-0.15, -0.1) is 0 Å². The van der Waals surface area contributed by atoms with Crippen molar-refractivity contribution in [1.29, 1.82) is 10.5 Å². The largest absolute Gasteiger partial charge is 0.481 e. The fourth-order valence-electron chi connectivity index (χ4n) is 6.86. The first-order chi connectivity index (χ1) is 20.2. The first-order valence-electron chi connectivity index (χ1n) is 14.0. The summed E-state index contributed by atoms with van der Waals surface area (Å²) >= 11 is 0. The van der Waals surface area contributed by atoms with Crippen molar-refractivity contribution in [3.8, 4) is 29.1 Å². The van der Waals surface area contributed by atoms with Gasteiger partial charge < -0.3 is 20.3 Å². The lowest BCUT2D eigenvalue weighted by Crippen LogP contribution is -2.69. The van der Waals surface area contributed by atoms with Crippen molar-refractivity contribution in [3.05, 3.63) is 66.2 Å². The van der Waals surface area contributed by atoms with Gasteiger partial charge in [-0.25, -0.2) is 14.5 Å². The number of nitrogens with two attached hydrogens (primary N) is 1. The topological polar surface area (TPSA) is 136 Å². The zero-order valence-electron chi connectivity index (χ0n) is 23.9. The van der Waals surface area contributed by atoms with E-state index < -0.39 is 5.54 Å². The summed E-state index contributed by atoms with van der Waals surface area (Å²) in [6, 6.07) is 15.3. The molecule has 4 aromatic heterocycles. The SMILES string of the molecule is COc1ccc(CN2CC(C)(N)[C@H]3[C@@H]2CN3c2ccc(-c3cc(N4CC(C)(C#N)C4)cn4ncc(C#N)c34)cn2)cn1. The number of methoxy groups -OCH3 is 1. The number of fused-ring (bicyclic) bond motifs is 2. The monoisotopic (exact) mass is 560 g/mol. The van der Waals surface area contributed by atoms with Gasteiger partial charge in [-0.05, 0) is 37.6 Å². The molecule has 0 saturated carbocycles. The smallest absolute Gasteiger partial charge is 0.212 e. The van der Waals surface area contributed by atoms with Crippen LogP contribution in [0.1, 0.15) is 25.0 Å². The lowest BCUT2D eigenvalue weighted by atomic mass is 9.83. The molecule has 0 aliphatic carbocycles. The fourth-order valence-corrected chi connectivity index (χ4v) is 6.86. The second kappa shape index (κ2) is 9.41. The van der Waals surface area contributed by atoms with E-state index >= 15 is 0 Å². The molecule has 0 radical (unpaired) electrons. The Bertz CT molecular complexity index is 1740. The van der Waals surface area contributed by atoms with Gasteiger partial charge in [-0.1, -0.05) is 6.07 Å². The van der Waals surface area contributed by atoms with Crippen molar-refractivity contribution in [1.82, 2.24) is 24.5 Å². The van der Waals surface area contributed by atoms with Crippen LogP contribution >= 0.6 is 0 Å². The molecule has 42 heavy (non-hydrogen) atoms. The summed E-state index contributed by atoms with van der Waals surface area (Å²) < 4.78 is 6.95. The van der Waals surface area contributed by atoms with Crippen LogP contribution in [0.3, 0.4) is 0 Å². The molecule has 7 rings (SSSR count). The maximum absolute atomic E-state index is 9.77. The Kier molecular flexibility index (Phi) is 5.87. The molecule has 3 aliphatic rings. The second-order valence-corrected chi connectivity index (χ2v) is 12.3. The average molecular weight is 561 g/mol. The third-order valence-corrected chi connectivity index (χ3v) is 8.95. The molecule has 2 N–H and O–H groups in total. The Hall–Kier alpha value is -4.71. The minimum atomic E-state index is -0.391. The quantitative estimate of drug-likeness (QED) is 0.375. The lowest BCUT2D eigenvalue weighted by Gasteiger charge is -2.51. The van der Waals surface area contributed by atoms with Gasteiger partial charge in [0.05, 0.1) is 53.8 Å². The first kappa shape index (κ1) is 26.2. The Balaban J connectivity index is 1.14. The molecule has 0 amide bonds. The molecule has 0 aromatic carbocycles. The van der Waals surface area contributed by atoms with E-state index in [2.05, 4.69) is 62.0 Å². The summed E-state index contributed by atoms with van der Waals surface area (Å²) in [5.74, 6) is 1.50. The van der Waals surface area contributed by atoms with Crippen molar-refractivity contribution in [2.45, 2.75) is 38.0 Å². The minimum absolute atomic E-state index is 0.151. The van der Waals surface area contributed by atoms with Gasteiger partial charge in [0.2, 0.25) is 5.88 Å². The van der Waals surface area contributed by atoms with Gasteiger partial charge in [-0.3, -0.25) is 4.90 Å². The fraction of sp³-hybridized carbons (Fsp3) is 0.387. The van der Waals surface area contributed by atoms with Crippen LogP contribution in [0.25, 0.3) is 16.6 Å². The molecule has 1 unspecified atom stereocenters. The molecular weight excluding hydrogens is 528 g/mol. The highest BCUT2D eigenvalue weighted by Crippen LogP contribution is 2.42. The van der Waals surface area contributed by atoms with Gasteiger partial charge >= 0.3 is 0 Å². The van der Waals surface area contributed by atoms with Gasteiger partial charge in [0.1, 0.15) is 11.9 Å². The Morgan fingerprint density at radius 2 is 1.90 bits per heavy atom. The Morgan fingerprint density at radius 3 is 2.57 bits per heavy atom. The molecule has 11 heteroatoms. The number of nitrogens with zero attached hydrogens (tertiary/aromatic N) is 9. The van der Waals surface area contributed by atoms with Crippen molar-refractivity contribution in [2.75, 3.05) is 43.1 Å². The van der Waals surface area contributed by atoms with E-state index in [1.165, 1.54) is 0 Å². The maximum atomic E-state index is 9.77. The second-order valence-electron chi connectivity index (χ2n) is 12.3. The van der Waals surface area contributed by atoms with Crippen LogP contribution in [0.2, 0.25) is 0 Å². The predicted molar refractivity (Wildman–Crippen MR) is 158 cm³/mol. The normalized spacial score (nSPS) is 24.4. The van der Waals surface area contributed by atoms with Crippen LogP contribution in [0.15, 0.2) is 55.1 Å². The van der Waals surface area contributed by atoms with Gasteiger partial charge in [0.15, 0.2) is 0 Å². The standard InChI is InChI=1S/C31H32N10O/c1-30(16-33)17-39(18-30)23-8-24(28-22(9-32)12-37-41(28)14-23)21-5-6-26(35-11-21)40-15-25-29(40)31(2,34)19-38(25)13-20-4-7-27(42-3)36-10-20/h4-8,10-12,14,25,29H,13,15,17-19,34H2,1-3H3/t25-,29+,31?/m0/s1. The van der Waals surface area contributed by atoms with Crippen LogP contribution in [-0.4, -0.2) is 75.4 Å². The molecule has 0 bridgehead atoms. The molecule has 3 aliphatic heterocycles. The number of pyridine rings is 3. The molecule has 7 heterocycles. The number of likely N-dealkylation sites (tertiary alicyclic amines) is 1. The summed E-state index contributed by atoms with van der Waals surface area (Å²) in [6.45, 7) is 7.82. The molecule has 11 nitrogen and oxygen atoms in total. The zero-order chi connectivity index (χ0) is 29.2. The Labute approximate surface area is 244 Å². The first-order valence-corrected chi connectivity index (χ1v) is 14.0. The van der Waals surface area contributed by atoms with Crippen molar-refractivity contribution >= 4 is 17.0 Å². The van der Waals surface area contributed by atoms with E-state index in [1.54, 1.807) is 17.8 Å². The Morgan fingerprint density at radius 1 is 1.07 bits per heavy atom. The van der Waals surface area contributed by atoms with Gasteiger partial charge in [0.25, 0.3) is 0 Å². The van der Waals surface area contributed by atoms with Gasteiger partial charge in [0, 0.05) is 73.9 Å². The van der Waals surface area contributed by atoms with Crippen molar-refractivity contribution < 1.29 is 4.74 Å².